The summed E-state index contributed by atoms with van der Waals surface area (Å²) in [4.78, 5) is 10.8. The summed E-state index contributed by atoms with van der Waals surface area (Å²) < 4.78 is 5.41. The summed E-state index contributed by atoms with van der Waals surface area (Å²) in [6, 6.07) is 0. The maximum absolute atomic E-state index is 10.8. The second-order valence-corrected chi connectivity index (χ2v) is 5.63. The zero-order valence-corrected chi connectivity index (χ0v) is 9.16. The van der Waals surface area contributed by atoms with E-state index in [1.807, 2.05) is 23.5 Å². The minimum Gasteiger partial charge on any atom is -0.460 e. The molecule has 0 unspecified atom stereocenters. The molecule has 1 rings (SSSR count). The lowest BCUT2D eigenvalue weighted by Gasteiger charge is -2.12. The lowest BCUT2D eigenvalue weighted by molar-refractivity contribution is -0.137. The average Bonchev–Trinajstić information content (AvgIpc) is 2.42. The molecule has 1 fully saturated rings. The molecule has 0 aliphatic carbocycles. The Hall–Kier alpha value is -0.0900. The van der Waals surface area contributed by atoms with Crippen molar-refractivity contribution in [2.45, 2.75) is 24.9 Å². The van der Waals surface area contributed by atoms with Gasteiger partial charge in [-0.1, -0.05) is 14.0 Å². The average molecular weight is 234 g/mol. The highest BCUT2D eigenvalue weighted by Gasteiger charge is 2.14. The van der Waals surface area contributed by atoms with Crippen LogP contribution < -0.4 is 0 Å². The number of hydrogen-bond donors (Lipinski definition) is 0. The SMILES string of the molecule is C.C=CC(=O)OCC1SCCCCS1. The highest BCUT2D eigenvalue weighted by atomic mass is 32.2. The maximum atomic E-state index is 10.8. The van der Waals surface area contributed by atoms with Gasteiger partial charge >= 0.3 is 5.97 Å². The highest BCUT2D eigenvalue weighted by molar-refractivity contribution is 8.17. The second-order valence-electron chi connectivity index (χ2n) is 2.71. The molecule has 1 aliphatic heterocycles. The maximum Gasteiger partial charge on any atom is 0.330 e. The third kappa shape index (κ3) is 5.60. The summed E-state index contributed by atoms with van der Waals surface area (Å²) in [7, 11) is 0. The van der Waals surface area contributed by atoms with E-state index in [0.29, 0.717) is 11.2 Å². The predicted molar refractivity (Wildman–Crippen MR) is 65.8 cm³/mol. The van der Waals surface area contributed by atoms with Crippen LogP contribution in [0.3, 0.4) is 0 Å². The van der Waals surface area contributed by atoms with Gasteiger partial charge in [0.15, 0.2) is 0 Å². The van der Waals surface area contributed by atoms with Crippen LogP contribution in [-0.4, -0.2) is 28.7 Å². The van der Waals surface area contributed by atoms with Crippen LogP contribution in [0.25, 0.3) is 0 Å². The van der Waals surface area contributed by atoms with Crippen molar-refractivity contribution >= 4 is 29.5 Å². The van der Waals surface area contributed by atoms with Crippen LogP contribution in [0.15, 0.2) is 12.7 Å². The first-order valence-electron chi connectivity index (χ1n) is 4.35. The van der Waals surface area contributed by atoms with Crippen molar-refractivity contribution < 1.29 is 9.53 Å². The quantitative estimate of drug-likeness (QED) is 0.554. The van der Waals surface area contributed by atoms with Crippen LogP contribution in [0.1, 0.15) is 20.3 Å². The van der Waals surface area contributed by atoms with Crippen LogP contribution in [0.2, 0.25) is 0 Å². The number of hydrogen-bond acceptors (Lipinski definition) is 4. The zero-order chi connectivity index (χ0) is 9.52. The lowest BCUT2D eigenvalue weighted by atomic mass is 10.4. The monoisotopic (exact) mass is 234 g/mol. The zero-order valence-electron chi connectivity index (χ0n) is 7.53. The van der Waals surface area contributed by atoms with Gasteiger partial charge in [-0.3, -0.25) is 0 Å². The third-order valence-electron chi connectivity index (χ3n) is 1.67. The van der Waals surface area contributed by atoms with Crippen LogP contribution in [-0.2, 0) is 9.53 Å². The molecular formula is C10H18O2S2. The molecule has 2 nitrogen and oxygen atoms in total. The Labute approximate surface area is 94.9 Å². The topological polar surface area (TPSA) is 26.3 Å². The Kier molecular flexibility index (Phi) is 8.18. The van der Waals surface area contributed by atoms with Crippen LogP contribution in [0, 0.1) is 0 Å². The fourth-order valence-electron chi connectivity index (χ4n) is 0.987. The van der Waals surface area contributed by atoms with Gasteiger partial charge in [-0.15, -0.1) is 23.5 Å². The molecule has 0 aromatic carbocycles. The van der Waals surface area contributed by atoms with Crippen molar-refractivity contribution in [2.75, 3.05) is 18.1 Å². The molecule has 1 saturated heterocycles. The van der Waals surface area contributed by atoms with Gasteiger partial charge in [0.05, 0.1) is 4.58 Å². The summed E-state index contributed by atoms with van der Waals surface area (Å²) in [5.74, 6) is 2.05. The highest BCUT2D eigenvalue weighted by Crippen LogP contribution is 2.29. The van der Waals surface area contributed by atoms with E-state index in [9.17, 15) is 4.79 Å². The Morgan fingerprint density at radius 1 is 1.43 bits per heavy atom. The van der Waals surface area contributed by atoms with E-state index in [1.54, 1.807) is 0 Å². The molecule has 0 saturated carbocycles. The van der Waals surface area contributed by atoms with Gasteiger partial charge in [-0.25, -0.2) is 4.79 Å². The Morgan fingerprint density at radius 2 is 2.00 bits per heavy atom. The van der Waals surface area contributed by atoms with Crippen molar-refractivity contribution in [1.82, 2.24) is 0 Å². The molecule has 4 heteroatoms. The second kappa shape index (κ2) is 8.24. The van der Waals surface area contributed by atoms with E-state index < -0.39 is 0 Å². The number of carbonyl (C=O) groups excluding carboxylic acids is 1. The minimum atomic E-state index is -0.314. The number of carbonyl (C=O) groups is 1. The Morgan fingerprint density at radius 3 is 2.50 bits per heavy atom. The molecule has 0 radical (unpaired) electrons. The minimum absolute atomic E-state index is 0. The van der Waals surface area contributed by atoms with Crippen molar-refractivity contribution in [1.29, 1.82) is 0 Å². The first-order chi connectivity index (χ1) is 6.33. The molecule has 0 N–H and O–H groups in total. The molecule has 0 aromatic heterocycles. The summed E-state index contributed by atoms with van der Waals surface area (Å²) >= 11 is 3.78. The van der Waals surface area contributed by atoms with Gasteiger partial charge in [0.25, 0.3) is 0 Å². The smallest absolute Gasteiger partial charge is 0.330 e. The summed E-state index contributed by atoms with van der Waals surface area (Å²) in [6.45, 7) is 3.87. The van der Waals surface area contributed by atoms with Crippen LogP contribution >= 0.6 is 23.5 Å². The fourth-order valence-corrected chi connectivity index (χ4v) is 3.55. The fraction of sp³-hybridized carbons (Fsp3) is 0.700. The molecule has 0 atom stereocenters. The number of thioether (sulfide) groups is 2. The van der Waals surface area contributed by atoms with E-state index in [1.165, 1.54) is 30.4 Å². The van der Waals surface area contributed by atoms with Crippen molar-refractivity contribution in [3.63, 3.8) is 0 Å². The van der Waals surface area contributed by atoms with E-state index in [4.69, 9.17) is 4.74 Å². The van der Waals surface area contributed by atoms with Gasteiger partial charge in [0, 0.05) is 6.08 Å². The molecular weight excluding hydrogens is 216 g/mol. The van der Waals surface area contributed by atoms with Gasteiger partial charge in [-0.2, -0.15) is 0 Å². The van der Waals surface area contributed by atoms with Crippen molar-refractivity contribution in [2.24, 2.45) is 0 Å². The van der Waals surface area contributed by atoms with Gasteiger partial charge in [-0.05, 0) is 24.3 Å². The molecule has 0 bridgehead atoms. The number of ether oxygens (including phenoxy) is 1. The van der Waals surface area contributed by atoms with Crippen LogP contribution in [0.5, 0.6) is 0 Å². The normalized spacial score (nSPS) is 17.7. The van der Waals surface area contributed by atoms with Gasteiger partial charge in [0.1, 0.15) is 6.61 Å². The third-order valence-corrected chi connectivity index (χ3v) is 4.56. The first-order valence-corrected chi connectivity index (χ1v) is 6.45. The predicted octanol–water partition coefficient (Wildman–Crippen LogP) is 2.94. The van der Waals surface area contributed by atoms with Gasteiger partial charge in [0.2, 0.25) is 0 Å². The van der Waals surface area contributed by atoms with Crippen molar-refractivity contribution in [3.05, 3.63) is 12.7 Å². The van der Waals surface area contributed by atoms with Gasteiger partial charge < -0.3 is 4.74 Å². The summed E-state index contributed by atoms with van der Waals surface area (Å²) in [5, 5.41) is 0. The molecule has 14 heavy (non-hydrogen) atoms. The standard InChI is InChI=1S/C9H14O2S2.CH4/c1-2-8(10)11-7-9-12-5-3-4-6-13-9;/h2,9H,1,3-7H2;1H4. The Bertz CT molecular complexity index is 175. The van der Waals surface area contributed by atoms with E-state index in [0.717, 1.165) is 0 Å². The van der Waals surface area contributed by atoms with Crippen LogP contribution in [0.4, 0.5) is 0 Å². The Balaban J connectivity index is 0.00000169. The van der Waals surface area contributed by atoms with E-state index >= 15 is 0 Å². The molecule has 0 aromatic rings. The molecule has 1 heterocycles. The molecule has 82 valence electrons. The number of esters is 1. The largest absolute Gasteiger partial charge is 0.460 e. The molecule has 0 spiro atoms. The first kappa shape index (κ1) is 13.9. The lowest BCUT2D eigenvalue weighted by Crippen LogP contribution is -2.11. The van der Waals surface area contributed by atoms with Crippen molar-refractivity contribution in [3.8, 4) is 0 Å². The molecule has 0 amide bonds. The van der Waals surface area contributed by atoms with E-state index in [2.05, 4.69) is 6.58 Å². The molecule has 1 aliphatic rings. The van der Waals surface area contributed by atoms with E-state index in [-0.39, 0.29) is 13.4 Å². The number of rotatable bonds is 3. The summed E-state index contributed by atoms with van der Waals surface area (Å²) in [6.07, 6.45) is 3.78. The summed E-state index contributed by atoms with van der Waals surface area (Å²) in [5.41, 5.74) is 0.